The minimum Gasteiger partial charge on any atom is -0.343 e. The highest BCUT2D eigenvalue weighted by Crippen LogP contribution is 2.59. The Labute approximate surface area is 407 Å². The molecule has 0 fully saturated rings. The van der Waals surface area contributed by atoms with E-state index < -0.39 is 0 Å². The van der Waals surface area contributed by atoms with Gasteiger partial charge >= 0.3 is 0 Å². The largest absolute Gasteiger partial charge is 0.343 e. The Morgan fingerprint density at radius 2 is 0.557 bits per heavy atom. The van der Waals surface area contributed by atoms with Crippen LogP contribution in [0.1, 0.15) is 90.4 Å². The van der Waals surface area contributed by atoms with Gasteiger partial charge in [0.25, 0.3) is 0 Å². The second-order valence-corrected chi connectivity index (χ2v) is 20.2. The Balaban J connectivity index is 0.886. The fraction of sp³-hybridized carbons (Fsp3) is 0.0725. The molecule has 326 valence electrons. The van der Waals surface area contributed by atoms with Gasteiger partial charge < -0.3 is 4.57 Å². The molecule has 0 spiro atoms. The van der Waals surface area contributed by atoms with Crippen molar-refractivity contribution in [1.29, 1.82) is 0 Å². The number of aromatic nitrogens is 1. The highest BCUT2D eigenvalue weighted by Gasteiger charge is 2.43. The fourth-order valence-electron chi connectivity index (χ4n) is 14.2. The predicted molar refractivity (Wildman–Crippen MR) is 289 cm³/mol. The second kappa shape index (κ2) is 14.3. The van der Waals surface area contributed by atoms with Crippen molar-refractivity contribution in [2.75, 3.05) is 0 Å². The van der Waals surface area contributed by atoms with Crippen molar-refractivity contribution in [2.24, 2.45) is 7.05 Å². The molecule has 0 amide bonds. The van der Waals surface area contributed by atoms with Crippen molar-refractivity contribution in [3.63, 3.8) is 0 Å². The van der Waals surface area contributed by atoms with Gasteiger partial charge in [-0.15, -0.1) is 0 Å². The Morgan fingerprint density at radius 1 is 0.243 bits per heavy atom. The lowest BCUT2D eigenvalue weighted by Crippen LogP contribution is -2.27. The number of nitrogens with zero attached hydrogens (tertiary/aromatic N) is 1. The fourth-order valence-corrected chi connectivity index (χ4v) is 14.2. The van der Waals surface area contributed by atoms with Crippen LogP contribution in [-0.4, -0.2) is 4.57 Å². The van der Waals surface area contributed by atoms with E-state index in [0.717, 1.165) is 0 Å². The van der Waals surface area contributed by atoms with Crippen molar-refractivity contribution in [3.8, 4) is 44.6 Å². The maximum absolute atomic E-state index is 2.54. The Kier molecular flexibility index (Phi) is 7.83. The van der Waals surface area contributed by atoms with E-state index in [1.165, 1.54) is 144 Å². The number of hydrogen-bond donors (Lipinski definition) is 0. The summed E-state index contributed by atoms with van der Waals surface area (Å²) in [6.45, 7) is 0. The maximum Gasteiger partial charge on any atom is 0.0568 e. The van der Waals surface area contributed by atoms with E-state index in [4.69, 9.17) is 0 Å². The van der Waals surface area contributed by atoms with Gasteiger partial charge in [0.2, 0.25) is 0 Å². The minimum atomic E-state index is 0.212. The molecule has 1 nitrogen and oxygen atoms in total. The summed E-state index contributed by atoms with van der Waals surface area (Å²) in [6, 6.07) is 87.9. The first-order valence-electron chi connectivity index (χ1n) is 24.9. The van der Waals surface area contributed by atoms with E-state index in [0.29, 0.717) is 0 Å². The van der Waals surface area contributed by atoms with Crippen molar-refractivity contribution in [1.82, 2.24) is 4.57 Å². The lowest BCUT2D eigenvalue weighted by Gasteiger charge is -2.42. The van der Waals surface area contributed by atoms with Crippen molar-refractivity contribution in [2.45, 2.75) is 23.7 Å². The Hall–Kier alpha value is -8.52. The molecule has 6 aliphatic carbocycles. The zero-order valence-corrected chi connectivity index (χ0v) is 38.7. The Morgan fingerprint density at radius 3 is 0.971 bits per heavy atom. The molecule has 0 atom stereocenters. The lowest BCUT2D eigenvalue weighted by atomic mass is 9.61. The topological polar surface area (TPSA) is 4.93 Å². The summed E-state index contributed by atoms with van der Waals surface area (Å²) < 4.78 is 2.45. The van der Waals surface area contributed by atoms with Gasteiger partial charge in [-0.05, 0) is 140 Å². The zero-order chi connectivity index (χ0) is 45.8. The van der Waals surface area contributed by atoms with E-state index in [1.54, 1.807) is 0 Å². The second-order valence-electron chi connectivity index (χ2n) is 20.2. The summed E-state index contributed by atoms with van der Waals surface area (Å²) in [7, 11) is 2.27. The summed E-state index contributed by atoms with van der Waals surface area (Å²) in [5.41, 5.74) is 28.7. The molecule has 0 unspecified atom stereocenters. The summed E-state index contributed by atoms with van der Waals surface area (Å²) in [5, 5.41) is 6.37. The van der Waals surface area contributed by atoms with Crippen LogP contribution in [0.15, 0.2) is 231 Å². The van der Waals surface area contributed by atoms with Gasteiger partial charge in [-0.25, -0.2) is 0 Å². The van der Waals surface area contributed by atoms with Crippen LogP contribution in [0, 0.1) is 0 Å². The van der Waals surface area contributed by atoms with Crippen LogP contribution in [0.25, 0.3) is 77.1 Å². The molecule has 0 radical (unpaired) electrons. The molecule has 1 heteroatoms. The smallest absolute Gasteiger partial charge is 0.0568 e. The average Bonchev–Trinajstić information content (AvgIpc) is 3.72. The van der Waals surface area contributed by atoms with E-state index in [9.17, 15) is 0 Å². The van der Waals surface area contributed by atoms with Crippen molar-refractivity contribution < 1.29 is 0 Å². The molecule has 0 N–H and O–H groups in total. The number of fused-ring (bicyclic) bond motifs is 3. The number of aryl methyl sites for hydroxylation is 1. The average molecular weight is 888 g/mol. The van der Waals surface area contributed by atoms with Crippen molar-refractivity contribution in [3.05, 3.63) is 297 Å². The van der Waals surface area contributed by atoms with Crippen LogP contribution >= 0.6 is 0 Å². The molecule has 1 aromatic heterocycles. The van der Waals surface area contributed by atoms with Crippen molar-refractivity contribution >= 4 is 32.4 Å². The van der Waals surface area contributed by atoms with Gasteiger partial charge in [0.1, 0.15) is 0 Å². The van der Waals surface area contributed by atoms with Gasteiger partial charge in [-0.3, -0.25) is 0 Å². The van der Waals surface area contributed by atoms with Crippen LogP contribution < -0.4 is 0 Å². The van der Waals surface area contributed by atoms with Crippen LogP contribution in [0.2, 0.25) is 0 Å². The van der Waals surface area contributed by atoms with Crippen LogP contribution in [0.5, 0.6) is 0 Å². The molecule has 0 saturated heterocycles. The normalized spacial score (nSPS) is 17.5. The van der Waals surface area contributed by atoms with Gasteiger partial charge in [0.05, 0.1) is 5.69 Å². The third-order valence-electron chi connectivity index (χ3n) is 16.9. The van der Waals surface area contributed by atoms with Crippen LogP contribution in [0.4, 0.5) is 0 Å². The molecule has 12 aromatic rings. The lowest BCUT2D eigenvalue weighted by molar-refractivity contribution is 0.755. The first-order chi connectivity index (χ1) is 34.7. The Bertz CT molecular complexity index is 4070. The molecule has 4 bridgehead atoms. The summed E-state index contributed by atoms with van der Waals surface area (Å²) in [4.78, 5) is 0. The third-order valence-corrected chi connectivity index (χ3v) is 16.9. The number of hydrogen-bond acceptors (Lipinski definition) is 0. The molecular formula is C69H45N. The molecule has 0 saturated carbocycles. The molecule has 1 heterocycles. The van der Waals surface area contributed by atoms with Gasteiger partial charge in [-0.1, -0.05) is 212 Å². The summed E-state index contributed by atoms with van der Waals surface area (Å²) in [5.74, 6) is 0.934. The van der Waals surface area contributed by atoms with Crippen LogP contribution in [0.3, 0.4) is 0 Å². The first kappa shape index (κ1) is 38.4. The highest BCUT2D eigenvalue weighted by atomic mass is 15.0. The molecule has 0 aliphatic heterocycles. The van der Waals surface area contributed by atoms with Crippen LogP contribution in [-0.2, 0) is 7.05 Å². The van der Waals surface area contributed by atoms with Gasteiger partial charge in [0, 0.05) is 47.2 Å². The molecule has 70 heavy (non-hydrogen) atoms. The molecule has 6 aliphatic rings. The first-order valence-corrected chi connectivity index (χ1v) is 24.9. The van der Waals surface area contributed by atoms with E-state index >= 15 is 0 Å². The minimum absolute atomic E-state index is 0.212. The molecule has 11 aromatic carbocycles. The molecule has 18 rings (SSSR count). The standard InChI is InChI=1S/C69H45N/c1-70-61-39-43(33-36-58(61)64(69(70)40-17-3-2-4-18-40)42-32-35-57-60(38-42)68-54-29-15-11-25-50(54)66(57)51-26-12-16-30-55(51)68)63-46-21-7-5-19-44(46)62(45-20-6-8-22-47(45)63)41-31-34-56-59(37-41)67-52-27-13-9-23-48(52)65(56)49-24-10-14-28-53(49)67/h2-39,65-68H,1H3. The van der Waals surface area contributed by atoms with Gasteiger partial charge in [0.15, 0.2) is 0 Å². The SMILES string of the molecule is Cn1c(-c2ccccc2)c(-c2ccc3c(c2)C2c4ccccc4C3c3ccccc32)c2ccc(-c3c4ccccc4c(-c4ccc5c(c4)C4c6ccccc6C5c5ccccc54)c4ccccc34)cc21. The van der Waals surface area contributed by atoms with E-state index in [2.05, 4.69) is 242 Å². The summed E-state index contributed by atoms with van der Waals surface area (Å²) >= 11 is 0. The van der Waals surface area contributed by atoms with E-state index in [-0.39, 0.29) is 23.7 Å². The number of rotatable bonds is 4. The predicted octanol–water partition coefficient (Wildman–Crippen LogP) is 17.1. The zero-order valence-electron chi connectivity index (χ0n) is 38.7. The van der Waals surface area contributed by atoms with E-state index in [1.807, 2.05) is 0 Å². The number of benzene rings is 11. The third kappa shape index (κ3) is 5.06. The monoisotopic (exact) mass is 887 g/mol. The summed E-state index contributed by atoms with van der Waals surface area (Å²) in [6.07, 6.45) is 0. The quantitative estimate of drug-likeness (QED) is 0.155. The molecular weight excluding hydrogens is 843 g/mol. The highest BCUT2D eigenvalue weighted by molar-refractivity contribution is 6.22. The maximum atomic E-state index is 2.54. The van der Waals surface area contributed by atoms with Gasteiger partial charge in [-0.2, -0.15) is 0 Å².